The summed E-state index contributed by atoms with van der Waals surface area (Å²) in [7, 11) is 5.81. The fraction of sp³-hybridized carbons (Fsp3) is 0.200. The average Bonchev–Trinajstić information content (AvgIpc) is 3.49. The molecule has 0 radical (unpaired) electrons. The van der Waals surface area contributed by atoms with Crippen LogP contribution in [0.15, 0.2) is 64.8 Å². The fourth-order valence-corrected chi connectivity index (χ4v) is 3.97. The number of rotatable bonds is 7. The van der Waals surface area contributed by atoms with Crippen molar-refractivity contribution < 1.29 is 38.1 Å². The third-order valence-electron chi connectivity index (χ3n) is 5.54. The van der Waals surface area contributed by atoms with Gasteiger partial charge in [0, 0.05) is 18.2 Å². The van der Waals surface area contributed by atoms with E-state index in [-0.39, 0.29) is 28.4 Å². The normalized spacial score (nSPS) is 17.1. The smallest absolute Gasteiger partial charge is 0.300 e. The number of nitrogens with zero attached hydrogens (tertiary/aromatic N) is 1. The Labute approximate surface area is 195 Å². The number of furan rings is 1. The minimum absolute atomic E-state index is 0.144. The molecule has 1 N–H and O–H groups in total. The lowest BCUT2D eigenvalue weighted by Gasteiger charge is -2.24. The van der Waals surface area contributed by atoms with Crippen molar-refractivity contribution in [3.63, 3.8) is 0 Å². The number of hydrogen-bond donors (Lipinski definition) is 1. The number of Topliss-reactive ketones (excluding diaryl/α,β-unsaturated/α-hetero) is 1. The quantitative estimate of drug-likeness (QED) is 0.318. The number of benzene rings is 2. The number of methoxy groups -OCH3 is 4. The van der Waals surface area contributed by atoms with Gasteiger partial charge in [-0.05, 0) is 24.3 Å². The van der Waals surface area contributed by atoms with Gasteiger partial charge in [-0.15, -0.1) is 0 Å². The Balaban J connectivity index is 1.99. The second-order valence-corrected chi connectivity index (χ2v) is 7.29. The zero-order chi connectivity index (χ0) is 24.4. The van der Waals surface area contributed by atoms with Crippen LogP contribution in [0.5, 0.6) is 23.0 Å². The van der Waals surface area contributed by atoms with Gasteiger partial charge < -0.3 is 28.5 Å². The Kier molecular flexibility index (Phi) is 6.18. The average molecular weight is 465 g/mol. The van der Waals surface area contributed by atoms with E-state index in [1.54, 1.807) is 48.5 Å². The van der Waals surface area contributed by atoms with Crippen LogP contribution in [0.2, 0.25) is 0 Å². The van der Waals surface area contributed by atoms with Gasteiger partial charge in [0.25, 0.3) is 11.7 Å². The molecule has 9 nitrogen and oxygen atoms in total. The Morgan fingerprint density at radius 2 is 1.50 bits per heavy atom. The zero-order valence-corrected chi connectivity index (χ0v) is 19.0. The van der Waals surface area contributed by atoms with E-state index in [0.717, 1.165) is 0 Å². The zero-order valence-electron chi connectivity index (χ0n) is 19.0. The molecule has 2 heterocycles. The summed E-state index contributed by atoms with van der Waals surface area (Å²) in [6.07, 6.45) is 1.42. The van der Waals surface area contributed by atoms with Crippen LogP contribution < -0.4 is 23.8 Å². The number of aliphatic hydroxyl groups excluding tert-OH is 1. The monoisotopic (exact) mass is 465 g/mol. The molecule has 0 saturated carbocycles. The number of ether oxygens (including phenoxy) is 4. The third-order valence-corrected chi connectivity index (χ3v) is 5.54. The Bertz CT molecular complexity index is 1220. The first-order chi connectivity index (χ1) is 16.4. The van der Waals surface area contributed by atoms with Crippen molar-refractivity contribution in [1.82, 2.24) is 0 Å². The van der Waals surface area contributed by atoms with Crippen molar-refractivity contribution in [1.29, 1.82) is 0 Å². The first-order valence-corrected chi connectivity index (χ1v) is 10.2. The highest BCUT2D eigenvalue weighted by molar-refractivity contribution is 6.51. The molecule has 0 spiro atoms. The van der Waals surface area contributed by atoms with Crippen LogP contribution in [0.1, 0.15) is 17.4 Å². The van der Waals surface area contributed by atoms with Crippen molar-refractivity contribution in [3.05, 3.63) is 71.7 Å². The predicted octanol–water partition coefficient (Wildman–Crippen LogP) is 3.94. The molecule has 1 unspecified atom stereocenters. The molecule has 1 amide bonds. The highest BCUT2D eigenvalue weighted by Gasteiger charge is 2.49. The highest BCUT2D eigenvalue weighted by Crippen LogP contribution is 2.46. The molecule has 1 saturated heterocycles. The molecule has 1 aliphatic heterocycles. The van der Waals surface area contributed by atoms with Gasteiger partial charge in [-0.3, -0.25) is 14.5 Å². The molecule has 0 aliphatic carbocycles. The SMILES string of the molecule is COc1cc(OC)cc(N2C(=O)C(=O)/C(=C(/O)c3c(OC)cccc3OC)C2c2ccco2)c1. The molecule has 176 valence electrons. The van der Waals surface area contributed by atoms with Crippen LogP contribution in [-0.2, 0) is 9.59 Å². The summed E-state index contributed by atoms with van der Waals surface area (Å²) in [5, 5.41) is 11.4. The van der Waals surface area contributed by atoms with Gasteiger partial charge in [-0.1, -0.05) is 6.07 Å². The maximum atomic E-state index is 13.3. The van der Waals surface area contributed by atoms with Crippen LogP contribution in [0.25, 0.3) is 5.76 Å². The summed E-state index contributed by atoms with van der Waals surface area (Å²) < 4.78 is 27.0. The predicted molar refractivity (Wildman–Crippen MR) is 123 cm³/mol. The number of hydrogen-bond acceptors (Lipinski definition) is 8. The molecule has 2 aromatic carbocycles. The second kappa shape index (κ2) is 9.22. The molecule has 4 rings (SSSR count). The first-order valence-electron chi connectivity index (χ1n) is 10.2. The maximum Gasteiger partial charge on any atom is 0.300 e. The second-order valence-electron chi connectivity index (χ2n) is 7.29. The van der Waals surface area contributed by atoms with Gasteiger partial charge >= 0.3 is 0 Å². The summed E-state index contributed by atoms with van der Waals surface area (Å²) in [4.78, 5) is 27.9. The van der Waals surface area contributed by atoms with Gasteiger partial charge in [-0.2, -0.15) is 0 Å². The van der Waals surface area contributed by atoms with Crippen LogP contribution in [-0.4, -0.2) is 45.2 Å². The molecular formula is C25H23NO8. The first kappa shape index (κ1) is 22.8. The summed E-state index contributed by atoms with van der Waals surface area (Å²) in [5.41, 5.74) is 0.292. The molecular weight excluding hydrogens is 442 g/mol. The van der Waals surface area contributed by atoms with Gasteiger partial charge in [0.2, 0.25) is 0 Å². The van der Waals surface area contributed by atoms with E-state index in [9.17, 15) is 14.7 Å². The van der Waals surface area contributed by atoms with E-state index in [0.29, 0.717) is 17.2 Å². The van der Waals surface area contributed by atoms with Crippen molar-refractivity contribution in [2.24, 2.45) is 0 Å². The minimum atomic E-state index is -1.07. The van der Waals surface area contributed by atoms with Crippen molar-refractivity contribution in [3.8, 4) is 23.0 Å². The Morgan fingerprint density at radius 3 is 2.00 bits per heavy atom. The molecule has 3 aromatic rings. The molecule has 1 fully saturated rings. The van der Waals surface area contributed by atoms with Crippen molar-refractivity contribution in [2.75, 3.05) is 33.3 Å². The molecule has 1 atom stereocenters. The summed E-state index contributed by atoms with van der Waals surface area (Å²) in [5.74, 6) is -0.557. The van der Waals surface area contributed by atoms with Gasteiger partial charge in [0.15, 0.2) is 0 Å². The number of amides is 1. The maximum absolute atomic E-state index is 13.3. The number of carbonyl (C=O) groups excluding carboxylic acids is 2. The van der Waals surface area contributed by atoms with E-state index in [1.807, 2.05) is 0 Å². The van der Waals surface area contributed by atoms with Crippen molar-refractivity contribution >= 4 is 23.1 Å². The van der Waals surface area contributed by atoms with Gasteiger partial charge in [0.1, 0.15) is 46.1 Å². The van der Waals surface area contributed by atoms with Gasteiger partial charge in [0.05, 0.1) is 46.0 Å². The van der Waals surface area contributed by atoms with E-state index >= 15 is 0 Å². The summed E-state index contributed by atoms with van der Waals surface area (Å²) >= 11 is 0. The fourth-order valence-electron chi connectivity index (χ4n) is 3.97. The minimum Gasteiger partial charge on any atom is -0.506 e. The lowest BCUT2D eigenvalue weighted by atomic mass is 9.98. The lowest BCUT2D eigenvalue weighted by Crippen LogP contribution is -2.29. The van der Waals surface area contributed by atoms with E-state index in [2.05, 4.69) is 0 Å². The largest absolute Gasteiger partial charge is 0.506 e. The third kappa shape index (κ3) is 3.71. The number of ketones is 1. The van der Waals surface area contributed by atoms with E-state index < -0.39 is 23.5 Å². The molecule has 1 aromatic heterocycles. The Hall–Kier alpha value is -4.40. The standard InChI is InChI=1S/C25H23NO8/c1-30-15-11-14(12-16(13-15)31-2)26-22(19-9-6-10-34-19)21(24(28)25(26)29)23(27)20-17(32-3)7-5-8-18(20)33-4/h5-13,22,27H,1-4H3/b23-21+. The van der Waals surface area contributed by atoms with E-state index in [4.69, 9.17) is 23.4 Å². The summed E-state index contributed by atoms with van der Waals surface area (Å²) in [6, 6.07) is 11.9. The summed E-state index contributed by atoms with van der Waals surface area (Å²) in [6.45, 7) is 0. The number of carbonyl (C=O) groups is 2. The van der Waals surface area contributed by atoms with Crippen LogP contribution in [0, 0.1) is 0 Å². The lowest BCUT2D eigenvalue weighted by molar-refractivity contribution is -0.132. The number of anilines is 1. The van der Waals surface area contributed by atoms with Gasteiger partial charge in [-0.25, -0.2) is 0 Å². The van der Waals surface area contributed by atoms with Crippen LogP contribution in [0.3, 0.4) is 0 Å². The Morgan fingerprint density at radius 1 is 0.882 bits per heavy atom. The molecule has 1 aliphatic rings. The molecule has 0 bridgehead atoms. The molecule has 34 heavy (non-hydrogen) atoms. The topological polar surface area (TPSA) is 108 Å². The number of aliphatic hydroxyl groups is 1. The molecule has 9 heteroatoms. The highest BCUT2D eigenvalue weighted by atomic mass is 16.5. The van der Waals surface area contributed by atoms with Crippen LogP contribution >= 0.6 is 0 Å². The van der Waals surface area contributed by atoms with Crippen LogP contribution in [0.4, 0.5) is 5.69 Å². The van der Waals surface area contributed by atoms with E-state index in [1.165, 1.54) is 39.6 Å². The van der Waals surface area contributed by atoms with Crippen molar-refractivity contribution in [2.45, 2.75) is 6.04 Å².